The summed E-state index contributed by atoms with van der Waals surface area (Å²) in [7, 11) is 0. The summed E-state index contributed by atoms with van der Waals surface area (Å²) in [5.41, 5.74) is 15.3. The third-order valence-corrected chi connectivity index (χ3v) is 2.74. The van der Waals surface area contributed by atoms with Crippen molar-refractivity contribution in [2.45, 2.75) is 12.5 Å². The lowest BCUT2D eigenvalue weighted by Crippen LogP contribution is -2.10. The minimum Gasteiger partial charge on any atom is -0.397 e. The van der Waals surface area contributed by atoms with E-state index in [1.54, 1.807) is 24.7 Å². The van der Waals surface area contributed by atoms with Gasteiger partial charge in [-0.1, -0.05) is 6.08 Å². The molecule has 1 unspecified atom stereocenters. The van der Waals surface area contributed by atoms with Gasteiger partial charge in [0.15, 0.2) is 0 Å². The summed E-state index contributed by atoms with van der Waals surface area (Å²) in [5, 5.41) is 0. The molecular formula is C14H16N4. The first-order chi connectivity index (χ1) is 8.72. The van der Waals surface area contributed by atoms with Crippen molar-refractivity contribution < 1.29 is 0 Å². The lowest BCUT2D eigenvalue weighted by atomic mass is 10.0. The lowest BCUT2D eigenvalue weighted by Gasteiger charge is -2.11. The van der Waals surface area contributed by atoms with E-state index < -0.39 is 0 Å². The van der Waals surface area contributed by atoms with Crippen LogP contribution in [0.5, 0.6) is 0 Å². The Bertz CT molecular complexity index is 551. The van der Waals surface area contributed by atoms with Gasteiger partial charge in [0.1, 0.15) is 0 Å². The van der Waals surface area contributed by atoms with Crippen LogP contribution in [0, 0.1) is 0 Å². The number of nitrogens with zero attached hydrogens (tertiary/aromatic N) is 2. The largest absolute Gasteiger partial charge is 0.397 e. The molecule has 0 spiro atoms. The van der Waals surface area contributed by atoms with Crippen LogP contribution in [-0.4, -0.2) is 9.97 Å². The summed E-state index contributed by atoms with van der Waals surface area (Å²) in [6, 6.07) is 5.62. The van der Waals surface area contributed by atoms with Crippen molar-refractivity contribution in [3.63, 3.8) is 0 Å². The summed E-state index contributed by atoms with van der Waals surface area (Å²) in [5.74, 6) is 0. The van der Waals surface area contributed by atoms with E-state index in [9.17, 15) is 0 Å². The molecule has 0 saturated heterocycles. The summed E-state index contributed by atoms with van der Waals surface area (Å²) in [6.07, 6.45) is 7.59. The number of nitrogen functional groups attached to an aromatic ring is 1. The molecule has 4 N–H and O–H groups in total. The van der Waals surface area contributed by atoms with Crippen molar-refractivity contribution in [2.24, 2.45) is 5.73 Å². The topological polar surface area (TPSA) is 77.8 Å². The molecule has 0 aliphatic rings. The number of nitrogens with two attached hydrogens (primary N) is 2. The minimum atomic E-state index is -0.134. The predicted molar refractivity (Wildman–Crippen MR) is 73.6 cm³/mol. The van der Waals surface area contributed by atoms with Crippen LogP contribution in [0.25, 0.3) is 11.1 Å². The second-order valence-corrected chi connectivity index (χ2v) is 4.06. The van der Waals surface area contributed by atoms with Gasteiger partial charge in [-0.3, -0.25) is 9.97 Å². The van der Waals surface area contributed by atoms with Crippen molar-refractivity contribution >= 4 is 5.69 Å². The molecule has 0 amide bonds. The molecule has 0 aliphatic heterocycles. The third kappa shape index (κ3) is 2.55. The number of aromatic nitrogens is 2. The average Bonchev–Trinajstić information content (AvgIpc) is 2.40. The standard InChI is InChI=1S/C14H16N4/c1-2-3-12(15)14-8-10(4-7-18-14)11-5-6-17-9-13(11)16/h2,4-9,12H,1,3,15-16H2. The Kier molecular flexibility index (Phi) is 3.69. The summed E-state index contributed by atoms with van der Waals surface area (Å²) < 4.78 is 0. The fourth-order valence-corrected chi connectivity index (χ4v) is 1.79. The monoisotopic (exact) mass is 240 g/mol. The van der Waals surface area contributed by atoms with Crippen LogP contribution in [-0.2, 0) is 0 Å². The molecule has 18 heavy (non-hydrogen) atoms. The van der Waals surface area contributed by atoms with E-state index in [2.05, 4.69) is 16.5 Å². The Morgan fingerprint density at radius 1 is 1.33 bits per heavy atom. The molecule has 92 valence electrons. The van der Waals surface area contributed by atoms with Crippen molar-refractivity contribution in [3.05, 3.63) is 55.1 Å². The van der Waals surface area contributed by atoms with Gasteiger partial charge in [-0.2, -0.15) is 0 Å². The average molecular weight is 240 g/mol. The van der Waals surface area contributed by atoms with Gasteiger partial charge in [-0.25, -0.2) is 0 Å². The molecule has 0 saturated carbocycles. The van der Waals surface area contributed by atoms with Crippen LogP contribution in [0.2, 0.25) is 0 Å². The molecule has 2 aromatic rings. The van der Waals surface area contributed by atoms with Gasteiger partial charge in [0.2, 0.25) is 0 Å². The Morgan fingerprint density at radius 2 is 2.17 bits per heavy atom. The SMILES string of the molecule is C=CCC(N)c1cc(-c2ccncc2N)ccn1. The Labute approximate surface area is 106 Å². The Morgan fingerprint density at radius 3 is 2.89 bits per heavy atom. The van der Waals surface area contributed by atoms with Crippen LogP contribution >= 0.6 is 0 Å². The first-order valence-corrected chi connectivity index (χ1v) is 5.74. The number of rotatable bonds is 4. The van der Waals surface area contributed by atoms with E-state index in [-0.39, 0.29) is 6.04 Å². The first kappa shape index (κ1) is 12.3. The van der Waals surface area contributed by atoms with Gasteiger partial charge in [0.25, 0.3) is 0 Å². The molecule has 2 aromatic heterocycles. The minimum absolute atomic E-state index is 0.134. The van der Waals surface area contributed by atoms with Crippen molar-refractivity contribution in [1.29, 1.82) is 0 Å². The number of pyridine rings is 2. The van der Waals surface area contributed by atoms with Crippen molar-refractivity contribution in [2.75, 3.05) is 5.73 Å². The van der Waals surface area contributed by atoms with Gasteiger partial charge in [-0.15, -0.1) is 6.58 Å². The van der Waals surface area contributed by atoms with E-state index in [1.807, 2.05) is 18.2 Å². The molecule has 0 radical (unpaired) electrons. The maximum atomic E-state index is 6.01. The van der Waals surface area contributed by atoms with E-state index in [4.69, 9.17) is 11.5 Å². The van der Waals surface area contributed by atoms with E-state index >= 15 is 0 Å². The predicted octanol–water partition coefficient (Wildman–Crippen LogP) is 2.30. The van der Waals surface area contributed by atoms with Gasteiger partial charge in [0, 0.05) is 18.0 Å². The maximum absolute atomic E-state index is 6.01. The molecule has 4 heteroatoms. The normalized spacial score (nSPS) is 12.1. The quantitative estimate of drug-likeness (QED) is 0.804. The van der Waals surface area contributed by atoms with Crippen LogP contribution in [0.1, 0.15) is 18.2 Å². The Balaban J connectivity index is 2.38. The molecule has 4 nitrogen and oxygen atoms in total. The van der Waals surface area contributed by atoms with Crippen molar-refractivity contribution in [3.8, 4) is 11.1 Å². The lowest BCUT2D eigenvalue weighted by molar-refractivity contribution is 0.714. The van der Waals surface area contributed by atoms with Gasteiger partial charge >= 0.3 is 0 Å². The van der Waals surface area contributed by atoms with Crippen LogP contribution < -0.4 is 11.5 Å². The first-order valence-electron chi connectivity index (χ1n) is 5.74. The number of anilines is 1. The highest BCUT2D eigenvalue weighted by Crippen LogP contribution is 2.26. The fraction of sp³-hybridized carbons (Fsp3) is 0.143. The number of hydrogen-bond acceptors (Lipinski definition) is 4. The third-order valence-electron chi connectivity index (χ3n) is 2.74. The number of hydrogen-bond donors (Lipinski definition) is 2. The highest BCUT2D eigenvalue weighted by atomic mass is 14.8. The zero-order chi connectivity index (χ0) is 13.0. The Hall–Kier alpha value is -2.20. The summed E-state index contributed by atoms with van der Waals surface area (Å²) in [6.45, 7) is 3.68. The van der Waals surface area contributed by atoms with E-state index in [0.717, 1.165) is 16.8 Å². The highest BCUT2D eigenvalue weighted by Gasteiger charge is 2.08. The fourth-order valence-electron chi connectivity index (χ4n) is 1.79. The van der Waals surface area contributed by atoms with E-state index in [0.29, 0.717) is 12.1 Å². The van der Waals surface area contributed by atoms with Crippen LogP contribution in [0.15, 0.2) is 49.4 Å². The molecule has 2 rings (SSSR count). The zero-order valence-corrected chi connectivity index (χ0v) is 10.1. The summed E-state index contributed by atoms with van der Waals surface area (Å²) in [4.78, 5) is 8.26. The summed E-state index contributed by atoms with van der Waals surface area (Å²) >= 11 is 0. The second-order valence-electron chi connectivity index (χ2n) is 4.06. The second kappa shape index (κ2) is 5.42. The van der Waals surface area contributed by atoms with Gasteiger partial charge in [-0.05, 0) is 30.2 Å². The maximum Gasteiger partial charge on any atom is 0.0580 e. The van der Waals surface area contributed by atoms with Gasteiger partial charge < -0.3 is 11.5 Å². The smallest absolute Gasteiger partial charge is 0.0580 e. The highest BCUT2D eigenvalue weighted by molar-refractivity contribution is 5.75. The van der Waals surface area contributed by atoms with Crippen LogP contribution in [0.3, 0.4) is 0 Å². The molecule has 0 bridgehead atoms. The van der Waals surface area contributed by atoms with Crippen LogP contribution in [0.4, 0.5) is 5.69 Å². The molecular weight excluding hydrogens is 224 g/mol. The van der Waals surface area contributed by atoms with E-state index in [1.165, 1.54) is 0 Å². The molecule has 0 fully saturated rings. The van der Waals surface area contributed by atoms with Crippen molar-refractivity contribution in [1.82, 2.24) is 9.97 Å². The molecule has 2 heterocycles. The zero-order valence-electron chi connectivity index (χ0n) is 10.1. The molecule has 0 aromatic carbocycles. The van der Waals surface area contributed by atoms with Gasteiger partial charge in [0.05, 0.1) is 23.6 Å². The molecule has 1 atom stereocenters. The molecule has 0 aliphatic carbocycles.